The van der Waals surface area contributed by atoms with Crippen LogP contribution < -0.4 is 4.72 Å². The van der Waals surface area contributed by atoms with Crippen molar-refractivity contribution in [2.24, 2.45) is 0 Å². The van der Waals surface area contributed by atoms with Crippen LogP contribution in [0.1, 0.15) is 17.3 Å². The summed E-state index contributed by atoms with van der Waals surface area (Å²) in [6, 6.07) is 18.4. The predicted octanol–water partition coefficient (Wildman–Crippen LogP) is 4.91. The highest BCUT2D eigenvalue weighted by atomic mass is 35.5. The van der Waals surface area contributed by atoms with Crippen LogP contribution in [0.5, 0.6) is 0 Å². The second-order valence-corrected chi connectivity index (χ2v) is 12.2. The lowest BCUT2D eigenvalue weighted by Crippen LogP contribution is -2.14. The maximum absolute atomic E-state index is 12.8. The Bertz CT molecular complexity index is 1320. The molecule has 10 heteroatoms. The van der Waals surface area contributed by atoms with E-state index >= 15 is 0 Å². The Morgan fingerprint density at radius 1 is 0.875 bits per heavy atom. The maximum atomic E-state index is 12.8. The summed E-state index contributed by atoms with van der Waals surface area (Å²) in [6.07, 6.45) is 0. The predicted molar refractivity (Wildman–Crippen MR) is 128 cm³/mol. The van der Waals surface area contributed by atoms with E-state index in [1.807, 2.05) is 0 Å². The van der Waals surface area contributed by atoms with Gasteiger partial charge in [-0.25, -0.2) is 16.8 Å². The summed E-state index contributed by atoms with van der Waals surface area (Å²) >= 11 is 7.05. The van der Waals surface area contributed by atoms with Gasteiger partial charge in [0.25, 0.3) is 10.0 Å². The second-order valence-electron chi connectivity index (χ2n) is 6.80. The zero-order chi connectivity index (χ0) is 23.4. The van der Waals surface area contributed by atoms with E-state index in [-0.39, 0.29) is 27.1 Å². The molecule has 0 radical (unpaired) electrons. The highest BCUT2D eigenvalue weighted by Gasteiger charge is 2.18. The smallest absolute Gasteiger partial charge is 0.261 e. The van der Waals surface area contributed by atoms with Crippen LogP contribution in [-0.4, -0.2) is 34.1 Å². The normalized spacial score (nSPS) is 11.8. The molecule has 1 N–H and O–H groups in total. The zero-order valence-corrected chi connectivity index (χ0v) is 20.2. The number of hydrogen-bond donors (Lipinski definition) is 1. The van der Waals surface area contributed by atoms with Crippen LogP contribution in [0.25, 0.3) is 0 Å². The molecule has 0 saturated carbocycles. The number of hydrogen-bond acceptors (Lipinski definition) is 6. The van der Waals surface area contributed by atoms with Gasteiger partial charge >= 0.3 is 0 Å². The summed E-state index contributed by atoms with van der Waals surface area (Å²) in [5.74, 6) is -0.0404. The summed E-state index contributed by atoms with van der Waals surface area (Å²) < 4.78 is 53.1. The van der Waals surface area contributed by atoms with E-state index in [2.05, 4.69) is 4.72 Å². The number of thioether (sulfide) groups is 1. The van der Waals surface area contributed by atoms with Crippen LogP contribution >= 0.6 is 23.4 Å². The number of Topliss-reactive ketones (excluding diaryl/α,β-unsaturated/α-hetero) is 1. The van der Waals surface area contributed by atoms with Crippen molar-refractivity contribution in [1.29, 1.82) is 0 Å². The number of benzene rings is 3. The summed E-state index contributed by atoms with van der Waals surface area (Å²) in [7, 11) is -7.38. The molecule has 3 aromatic carbocycles. The first kappa shape index (κ1) is 24.3. The van der Waals surface area contributed by atoms with Crippen LogP contribution in [0.15, 0.2) is 87.5 Å². The van der Waals surface area contributed by atoms with Crippen LogP contribution in [0, 0.1) is 0 Å². The van der Waals surface area contributed by atoms with E-state index in [0.29, 0.717) is 21.2 Å². The number of sulfonamides is 1. The average molecular weight is 510 g/mol. The van der Waals surface area contributed by atoms with E-state index in [9.17, 15) is 21.6 Å². The highest BCUT2D eigenvalue weighted by molar-refractivity contribution is 8.01. The fourth-order valence-electron chi connectivity index (χ4n) is 2.77. The summed E-state index contributed by atoms with van der Waals surface area (Å²) in [6.45, 7) is 1.41. The number of ketones is 1. The van der Waals surface area contributed by atoms with Gasteiger partial charge in [0.1, 0.15) is 0 Å². The largest absolute Gasteiger partial charge is 0.295 e. The molecule has 0 unspecified atom stereocenters. The fourth-order valence-corrected chi connectivity index (χ4v) is 6.71. The van der Waals surface area contributed by atoms with Crippen molar-refractivity contribution in [1.82, 2.24) is 0 Å². The Morgan fingerprint density at radius 2 is 1.47 bits per heavy atom. The van der Waals surface area contributed by atoms with Gasteiger partial charge in [-0.15, -0.1) is 11.8 Å². The Kier molecular flexibility index (Phi) is 7.66. The standard InChI is InChI=1S/C22H20ClNO5S3/c1-16(25)17-6-10-20(11-7-17)32(28,29)24-21-4-2-3-5-22(21)30-14-15-31(26,27)19-12-8-18(23)9-13-19/h2-13,24H,14-15H2,1H3. The maximum Gasteiger partial charge on any atom is 0.261 e. The van der Waals surface area contributed by atoms with E-state index in [4.69, 9.17) is 11.6 Å². The van der Waals surface area contributed by atoms with Crippen LogP contribution in [0.4, 0.5) is 5.69 Å². The Hall–Kier alpha value is -2.33. The first-order valence-corrected chi connectivity index (χ1v) is 13.9. The van der Waals surface area contributed by atoms with Crippen molar-refractivity contribution < 1.29 is 21.6 Å². The first-order chi connectivity index (χ1) is 15.1. The van der Waals surface area contributed by atoms with Gasteiger partial charge in [-0.2, -0.15) is 0 Å². The van der Waals surface area contributed by atoms with E-state index in [1.54, 1.807) is 24.3 Å². The van der Waals surface area contributed by atoms with Gasteiger partial charge in [0.2, 0.25) is 0 Å². The number of para-hydroxylation sites is 1. The molecule has 0 amide bonds. The van der Waals surface area contributed by atoms with Crippen LogP contribution in [-0.2, 0) is 19.9 Å². The van der Waals surface area contributed by atoms with Crippen molar-refractivity contribution in [2.45, 2.75) is 21.6 Å². The number of carbonyl (C=O) groups excluding carboxylic acids is 1. The molecular weight excluding hydrogens is 490 g/mol. The lowest BCUT2D eigenvalue weighted by atomic mass is 10.2. The fraction of sp³-hybridized carbons (Fsp3) is 0.136. The lowest BCUT2D eigenvalue weighted by Gasteiger charge is -2.13. The molecule has 0 bridgehead atoms. The first-order valence-electron chi connectivity index (χ1n) is 9.42. The molecule has 32 heavy (non-hydrogen) atoms. The summed E-state index contributed by atoms with van der Waals surface area (Å²) in [4.78, 5) is 12.2. The molecule has 0 fully saturated rings. The zero-order valence-electron chi connectivity index (χ0n) is 17.0. The quantitative estimate of drug-likeness (QED) is 0.325. The molecule has 0 aliphatic heterocycles. The molecule has 0 atom stereocenters. The van der Waals surface area contributed by atoms with Gasteiger partial charge in [0.05, 0.1) is 21.2 Å². The van der Waals surface area contributed by atoms with Gasteiger partial charge in [0.15, 0.2) is 15.6 Å². The minimum absolute atomic E-state index is 0.0209. The molecule has 3 aromatic rings. The van der Waals surface area contributed by atoms with Gasteiger partial charge in [-0.05, 0) is 55.5 Å². The van der Waals surface area contributed by atoms with Gasteiger partial charge in [-0.1, -0.05) is 35.9 Å². The number of anilines is 1. The van der Waals surface area contributed by atoms with E-state index in [1.165, 1.54) is 67.2 Å². The van der Waals surface area contributed by atoms with Crippen molar-refractivity contribution in [3.8, 4) is 0 Å². The molecule has 0 aliphatic rings. The minimum Gasteiger partial charge on any atom is -0.295 e. The molecule has 6 nitrogen and oxygen atoms in total. The van der Waals surface area contributed by atoms with E-state index < -0.39 is 19.9 Å². The molecule has 168 valence electrons. The van der Waals surface area contributed by atoms with Gasteiger partial charge in [0, 0.05) is 21.2 Å². The summed E-state index contributed by atoms with van der Waals surface area (Å²) in [5.41, 5.74) is 0.763. The number of sulfone groups is 1. The van der Waals surface area contributed by atoms with Crippen molar-refractivity contribution in [3.05, 3.63) is 83.4 Å². The molecule has 0 spiro atoms. The Labute approximate surface area is 197 Å². The molecule has 0 aliphatic carbocycles. The number of halogens is 1. The van der Waals surface area contributed by atoms with Crippen molar-refractivity contribution in [2.75, 3.05) is 16.2 Å². The third kappa shape index (κ3) is 6.13. The second kappa shape index (κ2) is 10.1. The summed E-state index contributed by atoms with van der Waals surface area (Å²) in [5, 5.41) is 0.454. The number of carbonyl (C=O) groups is 1. The Balaban J connectivity index is 1.71. The van der Waals surface area contributed by atoms with Crippen molar-refractivity contribution >= 4 is 54.7 Å². The van der Waals surface area contributed by atoms with Crippen molar-refractivity contribution in [3.63, 3.8) is 0 Å². The molecule has 0 aromatic heterocycles. The Morgan fingerprint density at radius 3 is 2.09 bits per heavy atom. The minimum atomic E-state index is -3.88. The highest BCUT2D eigenvalue weighted by Crippen LogP contribution is 2.29. The number of nitrogens with one attached hydrogen (secondary N) is 1. The van der Waals surface area contributed by atoms with Crippen LogP contribution in [0.2, 0.25) is 5.02 Å². The topological polar surface area (TPSA) is 97.4 Å². The molecule has 0 saturated heterocycles. The van der Waals surface area contributed by atoms with E-state index in [0.717, 1.165) is 0 Å². The van der Waals surface area contributed by atoms with Crippen LogP contribution in [0.3, 0.4) is 0 Å². The van der Waals surface area contributed by atoms with Gasteiger partial charge < -0.3 is 0 Å². The molecule has 3 rings (SSSR count). The third-order valence-corrected chi connectivity index (χ3v) is 9.18. The molecular formula is C22H20ClNO5S3. The monoisotopic (exact) mass is 509 g/mol. The average Bonchev–Trinajstić information content (AvgIpc) is 2.75. The number of rotatable bonds is 9. The molecule has 0 heterocycles. The van der Waals surface area contributed by atoms with Gasteiger partial charge in [-0.3, -0.25) is 9.52 Å². The lowest BCUT2D eigenvalue weighted by molar-refractivity contribution is 0.101. The third-order valence-electron chi connectivity index (χ3n) is 4.48. The SMILES string of the molecule is CC(=O)c1ccc(S(=O)(=O)Nc2ccccc2SCCS(=O)(=O)c2ccc(Cl)cc2)cc1.